The lowest BCUT2D eigenvalue weighted by molar-refractivity contribution is -0.141. The number of halogens is 4. The Kier molecular flexibility index (Phi) is 5.29. The van der Waals surface area contributed by atoms with Gasteiger partial charge in [-0.05, 0) is 41.4 Å². The molecule has 0 bridgehead atoms. The maximum absolute atomic E-state index is 12.8. The number of alkyl halides is 3. The third-order valence-electron chi connectivity index (χ3n) is 3.74. The molecule has 2 aromatic rings. The molecule has 1 aliphatic rings. The third-order valence-corrected chi connectivity index (χ3v) is 3.74. The summed E-state index contributed by atoms with van der Waals surface area (Å²) in [6.07, 6.45) is -3.32. The van der Waals surface area contributed by atoms with Gasteiger partial charge < -0.3 is 10.1 Å². The second-order valence-corrected chi connectivity index (χ2v) is 5.16. The number of hydrogen-bond donors (Lipinski definition) is 1. The summed E-state index contributed by atoms with van der Waals surface area (Å²) in [6.45, 7) is 1.07. The fourth-order valence-corrected chi connectivity index (χ4v) is 2.72. The van der Waals surface area contributed by atoms with E-state index in [2.05, 4.69) is 10.3 Å². The Morgan fingerprint density at radius 2 is 2.09 bits per heavy atom. The van der Waals surface area contributed by atoms with Crippen molar-refractivity contribution in [2.45, 2.75) is 18.9 Å². The SMILES string of the molecule is CNCC1OCc2c(-c3ccnc(C(F)(F)F)c3)cccc21.Cl. The number of ether oxygens (including phenoxy) is 1. The van der Waals surface area contributed by atoms with Crippen LogP contribution >= 0.6 is 12.4 Å². The van der Waals surface area contributed by atoms with Crippen LogP contribution in [0.4, 0.5) is 13.2 Å². The van der Waals surface area contributed by atoms with Crippen molar-refractivity contribution in [3.63, 3.8) is 0 Å². The highest BCUT2D eigenvalue weighted by Crippen LogP contribution is 2.38. The summed E-state index contributed by atoms with van der Waals surface area (Å²) in [5, 5.41) is 3.06. The first kappa shape index (κ1) is 17.7. The standard InChI is InChI=1S/C16H15F3N2O.ClH/c1-20-8-14-12-4-2-3-11(13(12)9-22-14)10-5-6-21-15(7-10)16(17,18)19;/h2-7,14,20H,8-9H2,1H3;1H. The Morgan fingerprint density at radius 1 is 1.30 bits per heavy atom. The molecule has 1 aliphatic heterocycles. The van der Waals surface area contributed by atoms with Gasteiger partial charge in [0.2, 0.25) is 0 Å². The minimum atomic E-state index is -4.45. The summed E-state index contributed by atoms with van der Waals surface area (Å²) >= 11 is 0. The number of nitrogens with zero attached hydrogens (tertiary/aromatic N) is 1. The molecule has 2 heterocycles. The van der Waals surface area contributed by atoms with Gasteiger partial charge >= 0.3 is 6.18 Å². The fourth-order valence-electron chi connectivity index (χ4n) is 2.72. The Labute approximate surface area is 138 Å². The van der Waals surface area contributed by atoms with Crippen LogP contribution in [0.3, 0.4) is 0 Å². The zero-order chi connectivity index (χ0) is 15.7. The summed E-state index contributed by atoms with van der Waals surface area (Å²) in [5.74, 6) is 0. The van der Waals surface area contributed by atoms with Crippen molar-refractivity contribution >= 4 is 12.4 Å². The fraction of sp³-hybridized carbons (Fsp3) is 0.312. The van der Waals surface area contributed by atoms with E-state index in [1.807, 2.05) is 25.2 Å². The molecule has 1 aromatic carbocycles. The highest BCUT2D eigenvalue weighted by Gasteiger charge is 2.33. The molecule has 7 heteroatoms. The van der Waals surface area contributed by atoms with Gasteiger partial charge in [0.25, 0.3) is 0 Å². The average Bonchev–Trinajstić information content (AvgIpc) is 2.90. The Balaban J connectivity index is 0.00000192. The van der Waals surface area contributed by atoms with Crippen LogP contribution in [0.15, 0.2) is 36.5 Å². The van der Waals surface area contributed by atoms with Crippen molar-refractivity contribution in [3.05, 3.63) is 53.3 Å². The Bertz CT molecular complexity index is 691. The highest BCUT2D eigenvalue weighted by atomic mass is 35.5. The minimum absolute atomic E-state index is 0. The lowest BCUT2D eigenvalue weighted by atomic mass is 9.95. The zero-order valence-electron chi connectivity index (χ0n) is 12.4. The van der Waals surface area contributed by atoms with E-state index in [9.17, 15) is 13.2 Å². The maximum Gasteiger partial charge on any atom is 0.433 e. The molecule has 23 heavy (non-hydrogen) atoms. The van der Waals surface area contributed by atoms with E-state index in [0.717, 1.165) is 22.8 Å². The molecule has 0 fully saturated rings. The predicted molar refractivity (Wildman–Crippen MR) is 83.4 cm³/mol. The summed E-state index contributed by atoms with van der Waals surface area (Å²) in [5.41, 5.74) is 2.37. The topological polar surface area (TPSA) is 34.1 Å². The molecule has 124 valence electrons. The number of aromatic nitrogens is 1. The van der Waals surface area contributed by atoms with E-state index >= 15 is 0 Å². The van der Waals surface area contributed by atoms with Crippen molar-refractivity contribution in [2.75, 3.05) is 13.6 Å². The van der Waals surface area contributed by atoms with Gasteiger partial charge in [0.05, 0.1) is 12.7 Å². The van der Waals surface area contributed by atoms with Crippen LogP contribution in [-0.2, 0) is 17.5 Å². The summed E-state index contributed by atoms with van der Waals surface area (Å²) in [4.78, 5) is 3.41. The molecule has 1 aromatic heterocycles. The smallest absolute Gasteiger partial charge is 0.367 e. The summed E-state index contributed by atoms with van der Waals surface area (Å²) in [7, 11) is 1.84. The van der Waals surface area contributed by atoms with Crippen molar-refractivity contribution in [3.8, 4) is 11.1 Å². The van der Waals surface area contributed by atoms with Crippen LogP contribution < -0.4 is 5.32 Å². The predicted octanol–water partition coefficient (Wildman–Crippen LogP) is 3.98. The van der Waals surface area contributed by atoms with Gasteiger partial charge in [-0.2, -0.15) is 13.2 Å². The van der Waals surface area contributed by atoms with Gasteiger partial charge in [0, 0.05) is 12.7 Å². The molecule has 1 atom stereocenters. The summed E-state index contributed by atoms with van der Waals surface area (Å²) < 4.78 is 44.2. The van der Waals surface area contributed by atoms with Crippen molar-refractivity contribution < 1.29 is 17.9 Å². The molecule has 0 amide bonds. The first-order chi connectivity index (χ1) is 10.5. The van der Waals surface area contributed by atoms with Gasteiger partial charge in [-0.3, -0.25) is 4.98 Å². The summed E-state index contributed by atoms with van der Waals surface area (Å²) in [6, 6.07) is 8.30. The van der Waals surface area contributed by atoms with Gasteiger partial charge in [-0.25, -0.2) is 0 Å². The van der Waals surface area contributed by atoms with Crippen molar-refractivity contribution in [2.24, 2.45) is 0 Å². The second-order valence-electron chi connectivity index (χ2n) is 5.16. The minimum Gasteiger partial charge on any atom is -0.367 e. The van der Waals surface area contributed by atoms with Crippen LogP contribution in [0, 0.1) is 0 Å². The number of rotatable bonds is 3. The van der Waals surface area contributed by atoms with E-state index in [-0.39, 0.29) is 18.5 Å². The van der Waals surface area contributed by atoms with Gasteiger partial charge in [0.1, 0.15) is 5.69 Å². The molecule has 0 radical (unpaired) electrons. The molecule has 1 unspecified atom stereocenters. The van der Waals surface area contributed by atoms with E-state index in [1.165, 1.54) is 6.20 Å². The van der Waals surface area contributed by atoms with E-state index < -0.39 is 11.9 Å². The van der Waals surface area contributed by atoms with Crippen molar-refractivity contribution in [1.82, 2.24) is 10.3 Å². The van der Waals surface area contributed by atoms with Crippen LogP contribution in [0.25, 0.3) is 11.1 Å². The molecule has 3 rings (SSSR count). The van der Waals surface area contributed by atoms with Crippen LogP contribution in [0.5, 0.6) is 0 Å². The quantitative estimate of drug-likeness (QED) is 0.914. The van der Waals surface area contributed by atoms with Gasteiger partial charge in [-0.1, -0.05) is 18.2 Å². The number of hydrogen-bond acceptors (Lipinski definition) is 3. The number of likely N-dealkylation sites (N-methyl/N-ethyl adjacent to an activating group) is 1. The molecule has 0 saturated heterocycles. The van der Waals surface area contributed by atoms with Crippen LogP contribution in [0.2, 0.25) is 0 Å². The van der Waals surface area contributed by atoms with Crippen molar-refractivity contribution in [1.29, 1.82) is 0 Å². The molecule has 0 aliphatic carbocycles. The normalized spacial score (nSPS) is 16.8. The number of fused-ring (bicyclic) bond motifs is 1. The monoisotopic (exact) mass is 344 g/mol. The van der Waals surface area contributed by atoms with Gasteiger partial charge in [0.15, 0.2) is 0 Å². The lowest BCUT2D eigenvalue weighted by Gasteiger charge is -2.12. The Hall–Kier alpha value is -1.63. The molecule has 0 saturated carbocycles. The van der Waals surface area contributed by atoms with E-state index in [0.29, 0.717) is 18.7 Å². The average molecular weight is 345 g/mol. The molecular weight excluding hydrogens is 329 g/mol. The Morgan fingerprint density at radius 3 is 2.78 bits per heavy atom. The maximum atomic E-state index is 12.8. The first-order valence-corrected chi connectivity index (χ1v) is 6.92. The number of benzene rings is 1. The first-order valence-electron chi connectivity index (χ1n) is 6.92. The number of nitrogens with one attached hydrogen (secondary N) is 1. The zero-order valence-corrected chi connectivity index (χ0v) is 13.2. The largest absolute Gasteiger partial charge is 0.433 e. The molecule has 1 N–H and O–H groups in total. The molecule has 3 nitrogen and oxygen atoms in total. The third kappa shape index (κ3) is 3.49. The van der Waals surface area contributed by atoms with Crippen LogP contribution in [-0.4, -0.2) is 18.6 Å². The van der Waals surface area contributed by atoms with Gasteiger partial charge in [-0.15, -0.1) is 12.4 Å². The molecule has 0 spiro atoms. The second kappa shape index (κ2) is 6.86. The highest BCUT2D eigenvalue weighted by molar-refractivity contribution is 5.85. The lowest BCUT2D eigenvalue weighted by Crippen LogP contribution is -2.16. The van der Waals surface area contributed by atoms with E-state index in [1.54, 1.807) is 6.07 Å². The van der Waals surface area contributed by atoms with Crippen LogP contribution in [0.1, 0.15) is 22.9 Å². The molecular formula is C16H16ClF3N2O. The van der Waals surface area contributed by atoms with E-state index in [4.69, 9.17) is 4.74 Å². The number of pyridine rings is 1.